The Morgan fingerprint density at radius 1 is 0.462 bits per heavy atom. The maximum atomic E-state index is 4.63. The van der Waals surface area contributed by atoms with Crippen molar-refractivity contribution < 1.29 is 0 Å². The van der Waals surface area contributed by atoms with Gasteiger partial charge in [-0.1, -0.05) is 108 Å². The molecule has 5 rings (SSSR count). The van der Waals surface area contributed by atoms with E-state index in [0.29, 0.717) is 0 Å². The highest BCUT2D eigenvalue weighted by atomic mass is 14.7. The molecule has 0 radical (unpaired) electrons. The third-order valence-corrected chi connectivity index (χ3v) is 7.61. The first kappa shape index (κ1) is 26.6. The van der Waals surface area contributed by atoms with E-state index in [2.05, 4.69) is 151 Å². The Balaban J connectivity index is 1.65. The van der Waals surface area contributed by atoms with Crippen LogP contribution in [0.4, 0.5) is 0 Å². The summed E-state index contributed by atoms with van der Waals surface area (Å²) >= 11 is 0. The summed E-state index contributed by atoms with van der Waals surface area (Å²) in [5.74, 6) is 0. The van der Waals surface area contributed by atoms with E-state index >= 15 is 0 Å². The fraction of sp³-hybridized carbons (Fsp3) is 0.237. The number of aromatic nitrogens is 1. The molecule has 0 N–H and O–H groups in total. The molecule has 0 unspecified atom stereocenters. The second kappa shape index (κ2) is 10.3. The highest BCUT2D eigenvalue weighted by Gasteiger charge is 2.16. The van der Waals surface area contributed by atoms with E-state index in [1.54, 1.807) is 0 Å². The molecule has 0 fully saturated rings. The number of aryl methyl sites for hydroxylation is 1. The smallest absolute Gasteiger partial charge is 0.0704 e. The number of hydrogen-bond donors (Lipinski definition) is 0. The lowest BCUT2D eigenvalue weighted by Gasteiger charge is -2.20. The van der Waals surface area contributed by atoms with Gasteiger partial charge in [-0.25, -0.2) is 0 Å². The molecule has 196 valence electrons. The Bertz CT molecular complexity index is 1500. The van der Waals surface area contributed by atoms with E-state index in [9.17, 15) is 0 Å². The van der Waals surface area contributed by atoms with E-state index in [1.807, 2.05) is 12.3 Å². The predicted octanol–water partition coefficient (Wildman–Crippen LogP) is 10.7. The third kappa shape index (κ3) is 5.88. The van der Waals surface area contributed by atoms with Gasteiger partial charge >= 0.3 is 0 Å². The molecule has 0 saturated heterocycles. The van der Waals surface area contributed by atoms with Gasteiger partial charge in [-0.05, 0) is 104 Å². The average Bonchev–Trinajstić information content (AvgIpc) is 2.93. The summed E-state index contributed by atoms with van der Waals surface area (Å²) in [6.45, 7) is 15.7. The van der Waals surface area contributed by atoms with E-state index in [-0.39, 0.29) is 10.8 Å². The van der Waals surface area contributed by atoms with Crippen LogP contribution in [0.5, 0.6) is 0 Å². The van der Waals surface area contributed by atoms with Gasteiger partial charge in [0.1, 0.15) is 0 Å². The van der Waals surface area contributed by atoms with Gasteiger partial charge < -0.3 is 0 Å². The monoisotopic (exact) mass is 509 g/mol. The van der Waals surface area contributed by atoms with Crippen molar-refractivity contribution in [2.45, 2.75) is 59.3 Å². The highest BCUT2D eigenvalue weighted by Crippen LogP contribution is 2.36. The van der Waals surface area contributed by atoms with Crippen LogP contribution in [-0.4, -0.2) is 4.98 Å². The molecule has 0 amide bonds. The van der Waals surface area contributed by atoms with Crippen LogP contribution >= 0.6 is 0 Å². The van der Waals surface area contributed by atoms with E-state index in [0.717, 1.165) is 5.69 Å². The maximum Gasteiger partial charge on any atom is 0.0704 e. The van der Waals surface area contributed by atoms with Crippen molar-refractivity contribution in [3.8, 4) is 44.6 Å². The highest BCUT2D eigenvalue weighted by molar-refractivity contribution is 5.83. The molecular weight excluding hydrogens is 470 g/mol. The number of hydrogen-bond acceptors (Lipinski definition) is 1. The molecule has 0 bridgehead atoms. The largest absolute Gasteiger partial charge is 0.256 e. The van der Waals surface area contributed by atoms with Gasteiger partial charge in [0.2, 0.25) is 0 Å². The van der Waals surface area contributed by atoms with Gasteiger partial charge in [0.25, 0.3) is 0 Å². The molecule has 1 aromatic heterocycles. The van der Waals surface area contributed by atoms with Crippen molar-refractivity contribution in [1.29, 1.82) is 0 Å². The van der Waals surface area contributed by atoms with Crippen molar-refractivity contribution >= 4 is 0 Å². The zero-order chi connectivity index (χ0) is 27.8. The third-order valence-electron chi connectivity index (χ3n) is 7.61. The van der Waals surface area contributed by atoms with Gasteiger partial charge in [-0.2, -0.15) is 0 Å². The first-order chi connectivity index (χ1) is 18.5. The minimum atomic E-state index is 0.129. The average molecular weight is 510 g/mol. The zero-order valence-corrected chi connectivity index (χ0v) is 24.3. The van der Waals surface area contributed by atoms with Gasteiger partial charge in [-0.15, -0.1) is 0 Å². The second-order valence-corrected chi connectivity index (χ2v) is 12.7. The molecule has 1 heterocycles. The number of pyridine rings is 1. The molecule has 39 heavy (non-hydrogen) atoms. The minimum Gasteiger partial charge on any atom is -0.256 e. The topological polar surface area (TPSA) is 12.9 Å². The molecule has 1 heteroatoms. The summed E-state index contributed by atoms with van der Waals surface area (Å²) in [5.41, 5.74) is 13.7. The van der Waals surface area contributed by atoms with Crippen LogP contribution in [0.3, 0.4) is 0 Å². The molecule has 0 aliphatic carbocycles. The lowest BCUT2D eigenvalue weighted by molar-refractivity contribution is 0.590. The Labute approximate surface area is 234 Å². The molecule has 0 aliphatic rings. The van der Waals surface area contributed by atoms with E-state index in [1.165, 1.54) is 55.6 Å². The van der Waals surface area contributed by atoms with Crippen LogP contribution < -0.4 is 0 Å². The summed E-state index contributed by atoms with van der Waals surface area (Å²) in [6.07, 6.45) is 1.86. The summed E-state index contributed by atoms with van der Waals surface area (Å²) < 4.78 is 0. The van der Waals surface area contributed by atoms with Crippen molar-refractivity contribution in [2.75, 3.05) is 0 Å². The Morgan fingerprint density at radius 3 is 1.36 bits per heavy atom. The Hall–Kier alpha value is -3.97. The lowest BCUT2D eigenvalue weighted by atomic mass is 9.85. The Morgan fingerprint density at radius 2 is 0.923 bits per heavy atom. The van der Waals surface area contributed by atoms with Crippen LogP contribution in [0.1, 0.15) is 58.2 Å². The van der Waals surface area contributed by atoms with Crippen molar-refractivity contribution in [3.05, 3.63) is 126 Å². The Kier molecular flexibility index (Phi) is 7.03. The molecule has 0 aliphatic heterocycles. The summed E-state index contributed by atoms with van der Waals surface area (Å²) in [6, 6.07) is 37.9. The van der Waals surface area contributed by atoms with Gasteiger partial charge in [0.15, 0.2) is 0 Å². The normalized spacial score (nSPS) is 12.0. The fourth-order valence-electron chi connectivity index (χ4n) is 5.05. The van der Waals surface area contributed by atoms with Crippen LogP contribution in [0.15, 0.2) is 109 Å². The van der Waals surface area contributed by atoms with E-state index < -0.39 is 0 Å². The van der Waals surface area contributed by atoms with Crippen LogP contribution in [0.2, 0.25) is 0 Å². The van der Waals surface area contributed by atoms with Gasteiger partial charge in [0, 0.05) is 11.8 Å². The van der Waals surface area contributed by atoms with Gasteiger partial charge in [-0.3, -0.25) is 4.98 Å². The van der Waals surface area contributed by atoms with Crippen molar-refractivity contribution in [3.63, 3.8) is 0 Å². The lowest BCUT2D eigenvalue weighted by Crippen LogP contribution is -2.10. The molecular formula is C38H39N. The number of benzene rings is 4. The minimum absolute atomic E-state index is 0.129. The summed E-state index contributed by atoms with van der Waals surface area (Å²) in [5, 5.41) is 0. The molecule has 5 aromatic rings. The maximum absolute atomic E-state index is 4.63. The van der Waals surface area contributed by atoms with Crippen LogP contribution in [0, 0.1) is 6.92 Å². The molecule has 0 saturated carbocycles. The fourth-order valence-corrected chi connectivity index (χ4v) is 5.05. The van der Waals surface area contributed by atoms with Crippen LogP contribution in [-0.2, 0) is 10.8 Å². The quantitative estimate of drug-likeness (QED) is 0.235. The number of nitrogens with zero attached hydrogens (tertiary/aromatic N) is 1. The number of rotatable bonds is 4. The first-order valence-corrected chi connectivity index (χ1v) is 13.9. The van der Waals surface area contributed by atoms with Crippen molar-refractivity contribution in [1.82, 2.24) is 4.98 Å². The second-order valence-electron chi connectivity index (χ2n) is 12.7. The zero-order valence-electron chi connectivity index (χ0n) is 24.3. The van der Waals surface area contributed by atoms with Crippen LogP contribution in [0.25, 0.3) is 44.6 Å². The molecule has 4 aromatic carbocycles. The standard InChI is InChI=1S/C38H39N/c1-26-11-12-29(25-35(26)36-10-8-9-21-39-36)32-23-30(27-13-17-33(18-14-27)37(2,3)4)22-31(24-32)28-15-19-34(20-16-28)38(5,6)7/h8-25H,1-7H3. The SMILES string of the molecule is Cc1ccc(-c2cc(-c3ccc(C(C)(C)C)cc3)cc(-c3ccc(C(C)(C)C)cc3)c2)cc1-c1ccccn1. The predicted molar refractivity (Wildman–Crippen MR) is 168 cm³/mol. The first-order valence-electron chi connectivity index (χ1n) is 13.9. The van der Waals surface area contributed by atoms with Gasteiger partial charge in [0.05, 0.1) is 5.69 Å². The molecule has 0 atom stereocenters. The van der Waals surface area contributed by atoms with E-state index in [4.69, 9.17) is 0 Å². The summed E-state index contributed by atoms with van der Waals surface area (Å²) in [4.78, 5) is 4.63. The van der Waals surface area contributed by atoms with Crippen molar-refractivity contribution in [2.24, 2.45) is 0 Å². The summed E-state index contributed by atoms with van der Waals surface area (Å²) in [7, 11) is 0. The molecule has 0 spiro atoms. The molecule has 1 nitrogen and oxygen atoms in total.